The van der Waals surface area contributed by atoms with Crippen LogP contribution in [0.3, 0.4) is 0 Å². The predicted octanol–water partition coefficient (Wildman–Crippen LogP) is 6.11. The van der Waals surface area contributed by atoms with Crippen molar-refractivity contribution in [1.82, 2.24) is 0 Å². The third-order valence-corrected chi connectivity index (χ3v) is 3.21. The molecular formula is C11H3F15O. The molecule has 1 aromatic heterocycles. The standard InChI is InChI=1S/C11H3F15O/c12-5(13,4-1-2-27-3-4)6(14,15)7(16,17)8(18,19)9(20,21)10(22,23)11(24,25)26/h1-3H. The quantitative estimate of drug-likeness (QED) is 0.491. The van der Waals surface area contributed by atoms with Gasteiger partial charge in [0.2, 0.25) is 0 Å². The molecule has 0 aliphatic rings. The zero-order chi connectivity index (χ0) is 21.9. The molecule has 0 aromatic carbocycles. The van der Waals surface area contributed by atoms with Gasteiger partial charge >= 0.3 is 41.7 Å². The van der Waals surface area contributed by atoms with Crippen molar-refractivity contribution in [3.63, 3.8) is 0 Å². The Morgan fingerprint density at radius 1 is 0.519 bits per heavy atom. The molecule has 0 fully saturated rings. The first-order valence-electron chi connectivity index (χ1n) is 5.97. The van der Waals surface area contributed by atoms with Crippen molar-refractivity contribution in [2.45, 2.75) is 41.7 Å². The molecule has 0 atom stereocenters. The molecule has 0 unspecified atom stereocenters. The van der Waals surface area contributed by atoms with Crippen molar-refractivity contribution in [2.24, 2.45) is 0 Å². The Kier molecular flexibility index (Phi) is 5.05. The number of furan rings is 1. The van der Waals surface area contributed by atoms with Crippen molar-refractivity contribution in [2.75, 3.05) is 0 Å². The minimum absolute atomic E-state index is 0.141. The Bertz CT molecular complexity index is 654. The number of halogens is 15. The predicted molar refractivity (Wildman–Crippen MR) is 53.4 cm³/mol. The number of hydrogen-bond acceptors (Lipinski definition) is 1. The number of rotatable bonds is 6. The minimum atomic E-state index is -8.28. The summed E-state index contributed by atoms with van der Waals surface area (Å²) in [4.78, 5) is 0. The average Bonchev–Trinajstić information content (AvgIpc) is 2.99. The molecule has 1 aromatic rings. The smallest absolute Gasteiger partial charge is 0.460 e. The summed E-state index contributed by atoms with van der Waals surface area (Å²) in [6.07, 6.45) is -7.87. The van der Waals surface area contributed by atoms with E-state index < -0.39 is 53.5 Å². The lowest BCUT2D eigenvalue weighted by molar-refractivity contribution is -0.453. The van der Waals surface area contributed by atoms with Gasteiger partial charge in [0.05, 0.1) is 18.1 Å². The summed E-state index contributed by atoms with van der Waals surface area (Å²) >= 11 is 0. The van der Waals surface area contributed by atoms with Crippen LogP contribution >= 0.6 is 0 Å². The van der Waals surface area contributed by atoms with Gasteiger partial charge in [-0.05, 0) is 6.07 Å². The van der Waals surface area contributed by atoms with Crippen molar-refractivity contribution in [3.05, 3.63) is 24.2 Å². The lowest BCUT2D eigenvalue weighted by atomic mass is 9.89. The number of alkyl halides is 15. The van der Waals surface area contributed by atoms with E-state index in [0.717, 1.165) is 0 Å². The summed E-state index contributed by atoms with van der Waals surface area (Å²) in [7, 11) is 0. The van der Waals surface area contributed by atoms with Gasteiger partial charge < -0.3 is 4.42 Å². The summed E-state index contributed by atoms with van der Waals surface area (Å²) in [5.74, 6) is -46.6. The summed E-state index contributed by atoms with van der Waals surface area (Å²) < 4.78 is 197. The molecule has 27 heavy (non-hydrogen) atoms. The van der Waals surface area contributed by atoms with Crippen LogP contribution in [-0.2, 0) is 5.92 Å². The molecule has 16 heteroatoms. The molecule has 0 saturated carbocycles. The van der Waals surface area contributed by atoms with Crippen molar-refractivity contribution >= 4 is 0 Å². The topological polar surface area (TPSA) is 13.1 Å². The van der Waals surface area contributed by atoms with E-state index in [1.54, 1.807) is 0 Å². The molecule has 1 heterocycles. The normalized spacial score (nSPS) is 16.0. The molecule has 0 spiro atoms. The van der Waals surface area contributed by atoms with Gasteiger partial charge in [-0.2, -0.15) is 65.9 Å². The molecule has 158 valence electrons. The second-order valence-corrected chi connectivity index (χ2v) is 4.96. The van der Waals surface area contributed by atoms with Crippen LogP contribution in [-0.4, -0.2) is 35.8 Å². The van der Waals surface area contributed by atoms with Gasteiger partial charge in [0.1, 0.15) is 0 Å². The van der Waals surface area contributed by atoms with Gasteiger partial charge in [-0.3, -0.25) is 0 Å². The summed E-state index contributed by atoms with van der Waals surface area (Å²) in [6, 6.07) is -0.190. The maximum atomic E-state index is 13.4. The van der Waals surface area contributed by atoms with Crippen LogP contribution < -0.4 is 0 Å². The summed E-state index contributed by atoms with van der Waals surface area (Å²) in [5.41, 5.74) is -2.27. The van der Waals surface area contributed by atoms with E-state index in [0.29, 0.717) is 0 Å². The lowest BCUT2D eigenvalue weighted by Crippen LogP contribution is -2.72. The van der Waals surface area contributed by atoms with Crippen molar-refractivity contribution in [3.8, 4) is 0 Å². The Hall–Kier alpha value is -1.77. The second kappa shape index (κ2) is 5.86. The number of hydrogen-bond donors (Lipinski definition) is 0. The van der Waals surface area contributed by atoms with E-state index in [2.05, 4.69) is 4.42 Å². The van der Waals surface area contributed by atoms with E-state index in [4.69, 9.17) is 0 Å². The lowest BCUT2D eigenvalue weighted by Gasteiger charge is -2.41. The largest absolute Gasteiger partial charge is 0.472 e. The first-order valence-corrected chi connectivity index (χ1v) is 5.97. The van der Waals surface area contributed by atoms with E-state index in [1.807, 2.05) is 0 Å². The molecule has 0 amide bonds. The van der Waals surface area contributed by atoms with E-state index >= 15 is 0 Å². The van der Waals surface area contributed by atoms with Crippen molar-refractivity contribution in [1.29, 1.82) is 0 Å². The van der Waals surface area contributed by atoms with Crippen LogP contribution in [0.25, 0.3) is 0 Å². The Morgan fingerprint density at radius 3 is 1.22 bits per heavy atom. The Balaban J connectivity index is 3.60. The highest BCUT2D eigenvalue weighted by atomic mass is 19.4. The van der Waals surface area contributed by atoms with Gasteiger partial charge in [-0.15, -0.1) is 0 Å². The molecule has 1 rings (SSSR count). The van der Waals surface area contributed by atoms with Gasteiger partial charge in [0, 0.05) is 0 Å². The van der Waals surface area contributed by atoms with Gasteiger partial charge in [-0.25, -0.2) is 0 Å². The van der Waals surface area contributed by atoms with Crippen LogP contribution in [0.4, 0.5) is 65.9 Å². The molecule has 0 saturated heterocycles. The molecular weight excluding hydrogens is 433 g/mol. The molecule has 0 aliphatic carbocycles. The fourth-order valence-electron chi connectivity index (χ4n) is 1.59. The molecule has 0 bridgehead atoms. The molecule has 1 nitrogen and oxygen atoms in total. The second-order valence-electron chi connectivity index (χ2n) is 4.96. The first-order chi connectivity index (χ1) is 11.6. The average molecular weight is 436 g/mol. The van der Waals surface area contributed by atoms with Gasteiger partial charge in [0.25, 0.3) is 0 Å². The first kappa shape index (κ1) is 23.3. The van der Waals surface area contributed by atoms with Gasteiger partial charge in [0.15, 0.2) is 0 Å². The molecule has 0 radical (unpaired) electrons. The summed E-state index contributed by atoms with van der Waals surface area (Å²) in [5, 5.41) is 0. The monoisotopic (exact) mass is 436 g/mol. The van der Waals surface area contributed by atoms with Crippen molar-refractivity contribution < 1.29 is 70.3 Å². The third-order valence-electron chi connectivity index (χ3n) is 3.21. The van der Waals surface area contributed by atoms with Crippen LogP contribution in [0.15, 0.2) is 23.0 Å². The van der Waals surface area contributed by atoms with E-state index in [1.165, 1.54) is 0 Å². The highest BCUT2D eigenvalue weighted by Gasteiger charge is 2.93. The SMILES string of the molecule is FC(F)(F)C(F)(F)C(F)(F)C(F)(F)C(F)(F)C(F)(F)C(F)(F)c1ccoc1. The summed E-state index contributed by atoms with van der Waals surface area (Å²) in [6.45, 7) is 0. The van der Waals surface area contributed by atoms with E-state index in [-0.39, 0.29) is 12.3 Å². The van der Waals surface area contributed by atoms with Crippen LogP contribution in [0, 0.1) is 0 Å². The van der Waals surface area contributed by atoms with Crippen LogP contribution in [0.5, 0.6) is 0 Å². The Labute approximate surface area is 137 Å². The fourth-order valence-corrected chi connectivity index (χ4v) is 1.59. The zero-order valence-electron chi connectivity index (χ0n) is 11.8. The molecule has 0 aliphatic heterocycles. The third kappa shape index (κ3) is 2.81. The zero-order valence-corrected chi connectivity index (χ0v) is 11.8. The fraction of sp³-hybridized carbons (Fsp3) is 0.636. The van der Waals surface area contributed by atoms with Gasteiger partial charge in [-0.1, -0.05) is 0 Å². The van der Waals surface area contributed by atoms with Crippen LogP contribution in [0.2, 0.25) is 0 Å². The highest BCUT2D eigenvalue weighted by Crippen LogP contribution is 2.63. The highest BCUT2D eigenvalue weighted by molar-refractivity contribution is 5.22. The maximum absolute atomic E-state index is 13.4. The van der Waals surface area contributed by atoms with E-state index in [9.17, 15) is 65.9 Å². The maximum Gasteiger partial charge on any atom is 0.460 e. The van der Waals surface area contributed by atoms with Crippen LogP contribution in [0.1, 0.15) is 5.56 Å². The Morgan fingerprint density at radius 2 is 0.889 bits per heavy atom. The molecule has 0 N–H and O–H groups in total. The minimum Gasteiger partial charge on any atom is -0.472 e.